The molecule has 2 N–H and O–H groups in total. The van der Waals surface area contributed by atoms with Gasteiger partial charge in [0.1, 0.15) is 5.82 Å². The van der Waals surface area contributed by atoms with E-state index in [1.54, 1.807) is 10.9 Å². The average Bonchev–Trinajstić information content (AvgIpc) is 2.86. The van der Waals surface area contributed by atoms with E-state index in [0.29, 0.717) is 5.82 Å². The predicted octanol–water partition coefficient (Wildman–Crippen LogP) is 2.28. The zero-order chi connectivity index (χ0) is 11.1. The molecule has 2 aromatic heterocycles. The van der Waals surface area contributed by atoms with E-state index >= 15 is 0 Å². The van der Waals surface area contributed by atoms with E-state index in [2.05, 4.69) is 21.6 Å². The minimum Gasteiger partial charge on any atom is -0.383 e. The molecule has 5 heteroatoms. The summed E-state index contributed by atoms with van der Waals surface area (Å²) in [5.41, 5.74) is 8.00. The maximum atomic E-state index is 5.94. The van der Waals surface area contributed by atoms with Crippen LogP contribution in [0.4, 0.5) is 5.82 Å². The second kappa shape index (κ2) is 3.31. The SMILES string of the molecule is Cn1ncc(-c2ccc3cnsc3c2)c1N. The van der Waals surface area contributed by atoms with Crippen molar-refractivity contribution in [2.24, 2.45) is 7.05 Å². The quantitative estimate of drug-likeness (QED) is 0.697. The number of benzene rings is 1. The number of nitrogens with zero attached hydrogens (tertiary/aromatic N) is 3. The van der Waals surface area contributed by atoms with Crippen LogP contribution < -0.4 is 5.73 Å². The van der Waals surface area contributed by atoms with Gasteiger partial charge in [-0.2, -0.15) is 9.47 Å². The third-order valence-electron chi connectivity index (χ3n) is 2.65. The Morgan fingerprint density at radius 1 is 1.31 bits per heavy atom. The molecule has 0 unspecified atom stereocenters. The van der Waals surface area contributed by atoms with Gasteiger partial charge in [-0.3, -0.25) is 4.68 Å². The molecule has 0 aliphatic rings. The summed E-state index contributed by atoms with van der Waals surface area (Å²) in [6, 6.07) is 6.20. The molecular formula is C11H10N4S. The summed E-state index contributed by atoms with van der Waals surface area (Å²) in [5.74, 6) is 0.684. The van der Waals surface area contributed by atoms with Gasteiger partial charge in [-0.25, -0.2) is 0 Å². The Labute approximate surface area is 96.5 Å². The third-order valence-corrected chi connectivity index (χ3v) is 3.41. The van der Waals surface area contributed by atoms with Gasteiger partial charge in [0.15, 0.2) is 0 Å². The number of hydrogen-bond donors (Lipinski definition) is 1. The minimum absolute atomic E-state index is 0.684. The van der Waals surface area contributed by atoms with Gasteiger partial charge in [-0.05, 0) is 23.2 Å². The molecule has 0 amide bonds. The van der Waals surface area contributed by atoms with Crippen LogP contribution in [-0.2, 0) is 7.05 Å². The summed E-state index contributed by atoms with van der Waals surface area (Å²) in [6.45, 7) is 0. The molecule has 0 aliphatic heterocycles. The molecule has 0 saturated heterocycles. The fourth-order valence-electron chi connectivity index (χ4n) is 1.70. The molecule has 3 aromatic rings. The number of aryl methyl sites for hydroxylation is 1. The zero-order valence-corrected chi connectivity index (χ0v) is 9.53. The summed E-state index contributed by atoms with van der Waals surface area (Å²) in [6.07, 6.45) is 3.66. The molecule has 0 spiro atoms. The van der Waals surface area contributed by atoms with Crippen molar-refractivity contribution < 1.29 is 0 Å². The first-order chi connectivity index (χ1) is 7.75. The normalized spacial score (nSPS) is 11.1. The predicted molar refractivity (Wildman–Crippen MR) is 66.2 cm³/mol. The number of rotatable bonds is 1. The molecule has 0 fully saturated rings. The van der Waals surface area contributed by atoms with Crippen molar-refractivity contribution in [1.29, 1.82) is 0 Å². The van der Waals surface area contributed by atoms with Crippen LogP contribution in [0.3, 0.4) is 0 Å². The van der Waals surface area contributed by atoms with E-state index in [4.69, 9.17) is 5.73 Å². The van der Waals surface area contributed by atoms with Gasteiger partial charge in [0.05, 0.1) is 10.9 Å². The van der Waals surface area contributed by atoms with Gasteiger partial charge >= 0.3 is 0 Å². The Balaban J connectivity index is 2.21. The monoisotopic (exact) mass is 230 g/mol. The van der Waals surface area contributed by atoms with E-state index in [1.165, 1.54) is 16.2 Å². The van der Waals surface area contributed by atoms with E-state index in [0.717, 1.165) is 16.5 Å². The molecule has 80 valence electrons. The molecule has 1 aromatic carbocycles. The number of nitrogens with two attached hydrogens (primary N) is 1. The third kappa shape index (κ3) is 1.29. The molecule has 16 heavy (non-hydrogen) atoms. The van der Waals surface area contributed by atoms with Crippen LogP contribution in [0.5, 0.6) is 0 Å². The van der Waals surface area contributed by atoms with Crippen molar-refractivity contribution in [2.75, 3.05) is 5.73 Å². The summed E-state index contributed by atoms with van der Waals surface area (Å²) >= 11 is 1.49. The van der Waals surface area contributed by atoms with Crippen LogP contribution in [-0.4, -0.2) is 14.2 Å². The molecule has 2 heterocycles. The first-order valence-corrected chi connectivity index (χ1v) is 5.65. The first-order valence-electron chi connectivity index (χ1n) is 4.88. The smallest absolute Gasteiger partial charge is 0.129 e. The molecule has 0 radical (unpaired) electrons. The highest BCUT2D eigenvalue weighted by Gasteiger charge is 2.08. The van der Waals surface area contributed by atoms with Crippen molar-refractivity contribution in [2.45, 2.75) is 0 Å². The largest absolute Gasteiger partial charge is 0.383 e. The second-order valence-corrected chi connectivity index (χ2v) is 4.48. The number of hydrogen-bond acceptors (Lipinski definition) is 4. The van der Waals surface area contributed by atoms with Crippen molar-refractivity contribution in [3.63, 3.8) is 0 Å². The summed E-state index contributed by atoms with van der Waals surface area (Å²) in [7, 11) is 1.84. The van der Waals surface area contributed by atoms with Crippen LogP contribution in [0.1, 0.15) is 0 Å². The van der Waals surface area contributed by atoms with Gasteiger partial charge in [0.2, 0.25) is 0 Å². The van der Waals surface area contributed by atoms with Crippen LogP contribution >= 0.6 is 11.5 Å². The lowest BCUT2D eigenvalue weighted by atomic mass is 10.1. The molecular weight excluding hydrogens is 220 g/mol. The maximum absolute atomic E-state index is 5.94. The molecule has 4 nitrogen and oxygen atoms in total. The molecule has 0 bridgehead atoms. The van der Waals surface area contributed by atoms with Crippen molar-refractivity contribution in [1.82, 2.24) is 14.2 Å². The Kier molecular flexibility index (Phi) is 1.94. The summed E-state index contributed by atoms with van der Waals surface area (Å²) in [5, 5.41) is 5.30. The fourth-order valence-corrected chi connectivity index (χ4v) is 2.38. The van der Waals surface area contributed by atoms with E-state index < -0.39 is 0 Å². The Morgan fingerprint density at radius 2 is 2.19 bits per heavy atom. The van der Waals surface area contributed by atoms with Gasteiger partial charge in [0, 0.05) is 24.2 Å². The zero-order valence-electron chi connectivity index (χ0n) is 8.71. The van der Waals surface area contributed by atoms with E-state index in [-0.39, 0.29) is 0 Å². The van der Waals surface area contributed by atoms with Gasteiger partial charge < -0.3 is 5.73 Å². The number of fused-ring (bicyclic) bond motifs is 1. The number of nitrogen functional groups attached to an aromatic ring is 1. The minimum atomic E-state index is 0.684. The van der Waals surface area contributed by atoms with Gasteiger partial charge in [-0.1, -0.05) is 12.1 Å². The van der Waals surface area contributed by atoms with Crippen LogP contribution in [0, 0.1) is 0 Å². The van der Waals surface area contributed by atoms with Crippen LogP contribution in [0.15, 0.2) is 30.6 Å². The van der Waals surface area contributed by atoms with E-state index in [9.17, 15) is 0 Å². The standard InChI is InChI=1S/C11H10N4S/c1-15-11(12)9(6-13-15)7-2-3-8-5-14-16-10(8)4-7/h2-6H,12H2,1H3. The second-order valence-electron chi connectivity index (χ2n) is 3.65. The van der Waals surface area contributed by atoms with Crippen molar-refractivity contribution >= 4 is 27.4 Å². The lowest BCUT2D eigenvalue weighted by molar-refractivity contribution is 0.779. The van der Waals surface area contributed by atoms with Crippen LogP contribution in [0.25, 0.3) is 21.2 Å². The van der Waals surface area contributed by atoms with Gasteiger partial charge in [-0.15, -0.1) is 0 Å². The van der Waals surface area contributed by atoms with Gasteiger partial charge in [0.25, 0.3) is 0 Å². The Bertz CT molecular complexity index is 653. The molecule has 0 saturated carbocycles. The van der Waals surface area contributed by atoms with Crippen LogP contribution in [0.2, 0.25) is 0 Å². The van der Waals surface area contributed by atoms with Crippen molar-refractivity contribution in [3.8, 4) is 11.1 Å². The Morgan fingerprint density at radius 3 is 2.94 bits per heavy atom. The summed E-state index contributed by atoms with van der Waals surface area (Å²) in [4.78, 5) is 0. The van der Waals surface area contributed by atoms with Crippen molar-refractivity contribution in [3.05, 3.63) is 30.6 Å². The summed E-state index contributed by atoms with van der Waals surface area (Å²) < 4.78 is 6.99. The molecule has 0 aliphatic carbocycles. The average molecular weight is 230 g/mol. The highest BCUT2D eigenvalue weighted by Crippen LogP contribution is 2.29. The lowest BCUT2D eigenvalue weighted by Gasteiger charge is -2.00. The highest BCUT2D eigenvalue weighted by atomic mass is 32.1. The maximum Gasteiger partial charge on any atom is 0.129 e. The van der Waals surface area contributed by atoms with E-state index in [1.807, 2.05) is 19.3 Å². The number of anilines is 1. The Hall–Kier alpha value is -1.88. The fraction of sp³-hybridized carbons (Fsp3) is 0.0909. The highest BCUT2D eigenvalue weighted by molar-refractivity contribution is 7.13. The first kappa shape index (κ1) is 9.35. The molecule has 3 rings (SSSR count). The number of aromatic nitrogens is 3. The topological polar surface area (TPSA) is 56.7 Å². The lowest BCUT2D eigenvalue weighted by Crippen LogP contribution is -1.97. The molecule has 0 atom stereocenters.